The standard InChI is InChI=1S/C19H19F6N3O/c1-10(2)26-17(29)15-9-28-8-11(3-4-16(28)27-15)12-5-13(18(20,21)22)7-14(6-12)19(23,24)25/h5-7,9-11H,3-4,8H2,1-2H3,(H,26,29)/t11-/m1/s1. The molecule has 0 unspecified atom stereocenters. The Kier molecular flexibility index (Phi) is 5.40. The first-order valence-electron chi connectivity index (χ1n) is 9.01. The summed E-state index contributed by atoms with van der Waals surface area (Å²) < 4.78 is 80.3. The number of fused-ring (bicyclic) bond motifs is 1. The van der Waals surface area contributed by atoms with Gasteiger partial charge in [0.05, 0.1) is 11.1 Å². The average molecular weight is 419 g/mol. The Morgan fingerprint density at radius 1 is 1.10 bits per heavy atom. The number of imidazole rings is 1. The van der Waals surface area contributed by atoms with Gasteiger partial charge in [0, 0.05) is 31.1 Å². The molecule has 2 heterocycles. The number of hydrogen-bond donors (Lipinski definition) is 1. The molecule has 1 aliphatic rings. The van der Waals surface area contributed by atoms with Gasteiger partial charge in [0.15, 0.2) is 0 Å². The molecule has 29 heavy (non-hydrogen) atoms. The number of halogens is 6. The second-order valence-corrected chi connectivity index (χ2v) is 7.40. The predicted octanol–water partition coefficient (Wildman–Crippen LogP) is 4.79. The summed E-state index contributed by atoms with van der Waals surface area (Å²) in [5, 5.41) is 2.69. The summed E-state index contributed by atoms with van der Waals surface area (Å²) in [6.45, 7) is 3.72. The van der Waals surface area contributed by atoms with Crippen molar-refractivity contribution in [2.24, 2.45) is 0 Å². The van der Waals surface area contributed by atoms with Crippen LogP contribution < -0.4 is 5.32 Å². The Morgan fingerprint density at radius 2 is 1.69 bits per heavy atom. The number of nitrogens with zero attached hydrogens (tertiary/aromatic N) is 2. The van der Waals surface area contributed by atoms with Crippen LogP contribution in [-0.2, 0) is 25.3 Å². The lowest BCUT2D eigenvalue weighted by Crippen LogP contribution is -2.30. The van der Waals surface area contributed by atoms with Crippen LogP contribution in [-0.4, -0.2) is 21.5 Å². The van der Waals surface area contributed by atoms with Crippen LogP contribution in [0, 0.1) is 0 Å². The number of hydrogen-bond acceptors (Lipinski definition) is 2. The van der Waals surface area contributed by atoms with Crippen LogP contribution in [0.1, 0.15) is 59.2 Å². The maximum Gasteiger partial charge on any atom is 0.416 e. The van der Waals surface area contributed by atoms with Crippen LogP contribution in [0.5, 0.6) is 0 Å². The number of rotatable bonds is 3. The molecule has 1 amide bonds. The highest BCUT2D eigenvalue weighted by atomic mass is 19.4. The summed E-state index contributed by atoms with van der Waals surface area (Å²) in [5.74, 6) is -0.351. The first kappa shape index (κ1) is 21.2. The maximum atomic E-state index is 13.1. The zero-order chi connectivity index (χ0) is 21.6. The third kappa shape index (κ3) is 4.73. The summed E-state index contributed by atoms with van der Waals surface area (Å²) >= 11 is 0. The molecule has 2 aromatic rings. The molecule has 10 heteroatoms. The molecular formula is C19H19F6N3O. The van der Waals surface area contributed by atoms with E-state index in [9.17, 15) is 31.1 Å². The molecule has 0 fully saturated rings. The van der Waals surface area contributed by atoms with Crippen molar-refractivity contribution in [2.45, 2.75) is 57.5 Å². The zero-order valence-electron chi connectivity index (χ0n) is 15.7. The van der Waals surface area contributed by atoms with Crippen molar-refractivity contribution in [1.82, 2.24) is 14.9 Å². The first-order valence-corrected chi connectivity index (χ1v) is 9.01. The Balaban J connectivity index is 1.92. The van der Waals surface area contributed by atoms with E-state index in [1.807, 2.05) is 0 Å². The fourth-order valence-corrected chi connectivity index (χ4v) is 3.38. The van der Waals surface area contributed by atoms with Gasteiger partial charge >= 0.3 is 12.4 Å². The van der Waals surface area contributed by atoms with Gasteiger partial charge < -0.3 is 9.88 Å². The van der Waals surface area contributed by atoms with Crippen LogP contribution in [0.2, 0.25) is 0 Å². The number of nitrogens with one attached hydrogen (secondary N) is 1. The van der Waals surface area contributed by atoms with Crippen LogP contribution in [0.15, 0.2) is 24.4 Å². The predicted molar refractivity (Wildman–Crippen MR) is 92.3 cm³/mol. The van der Waals surface area contributed by atoms with E-state index in [-0.39, 0.29) is 35.8 Å². The number of aryl methyl sites for hydroxylation is 1. The number of carbonyl (C=O) groups excluding carboxylic acids is 1. The Hall–Kier alpha value is -2.52. The molecule has 0 bridgehead atoms. The minimum atomic E-state index is -4.88. The molecular weight excluding hydrogens is 400 g/mol. The fourth-order valence-electron chi connectivity index (χ4n) is 3.38. The van der Waals surface area contributed by atoms with Gasteiger partial charge in [0.1, 0.15) is 11.5 Å². The summed E-state index contributed by atoms with van der Waals surface area (Å²) in [5.41, 5.74) is -2.50. The lowest BCUT2D eigenvalue weighted by molar-refractivity contribution is -0.143. The lowest BCUT2D eigenvalue weighted by Gasteiger charge is -2.25. The number of amides is 1. The van der Waals surface area contributed by atoms with Crippen LogP contribution in [0.25, 0.3) is 0 Å². The molecule has 0 saturated carbocycles. The van der Waals surface area contributed by atoms with Gasteiger partial charge in [-0.1, -0.05) is 0 Å². The van der Waals surface area contributed by atoms with Crippen molar-refractivity contribution in [3.8, 4) is 0 Å². The molecule has 1 aromatic heterocycles. The molecule has 3 rings (SSSR count). The molecule has 1 N–H and O–H groups in total. The molecule has 1 atom stereocenters. The monoisotopic (exact) mass is 419 g/mol. The Labute approximate surface area is 162 Å². The van der Waals surface area contributed by atoms with Crippen LogP contribution in [0.3, 0.4) is 0 Å². The lowest BCUT2D eigenvalue weighted by atomic mass is 9.89. The molecule has 0 spiro atoms. The van der Waals surface area contributed by atoms with E-state index < -0.39 is 29.4 Å². The minimum Gasteiger partial charge on any atom is -0.348 e. The molecule has 0 saturated heterocycles. The highest BCUT2D eigenvalue weighted by Gasteiger charge is 2.38. The second kappa shape index (κ2) is 7.38. The Bertz CT molecular complexity index is 881. The van der Waals surface area contributed by atoms with Gasteiger partial charge in [0.25, 0.3) is 5.91 Å². The van der Waals surface area contributed by atoms with E-state index in [1.165, 1.54) is 6.20 Å². The van der Waals surface area contributed by atoms with Crippen molar-refractivity contribution in [3.05, 3.63) is 52.6 Å². The first-order chi connectivity index (χ1) is 13.3. The molecule has 1 aromatic carbocycles. The van der Waals surface area contributed by atoms with E-state index in [2.05, 4.69) is 10.3 Å². The average Bonchev–Trinajstić information content (AvgIpc) is 3.02. The van der Waals surface area contributed by atoms with Gasteiger partial charge in [-0.05, 0) is 44.0 Å². The smallest absolute Gasteiger partial charge is 0.348 e. The van der Waals surface area contributed by atoms with Crippen LogP contribution in [0.4, 0.5) is 26.3 Å². The van der Waals surface area contributed by atoms with E-state index in [0.717, 1.165) is 12.1 Å². The minimum absolute atomic E-state index is 0.0281. The number of aromatic nitrogens is 2. The number of benzene rings is 1. The van der Waals surface area contributed by atoms with Crippen molar-refractivity contribution in [3.63, 3.8) is 0 Å². The Morgan fingerprint density at radius 3 is 2.21 bits per heavy atom. The van der Waals surface area contributed by atoms with Gasteiger partial charge in [0.2, 0.25) is 0 Å². The number of carbonyl (C=O) groups is 1. The van der Waals surface area contributed by atoms with E-state index >= 15 is 0 Å². The van der Waals surface area contributed by atoms with Crippen molar-refractivity contribution in [1.29, 1.82) is 0 Å². The number of alkyl halides is 6. The molecule has 0 aliphatic carbocycles. The fraction of sp³-hybridized carbons (Fsp3) is 0.474. The normalized spacial score (nSPS) is 17.3. The second-order valence-electron chi connectivity index (χ2n) is 7.40. The maximum absolute atomic E-state index is 13.1. The summed E-state index contributed by atoms with van der Waals surface area (Å²) in [6, 6.07) is 1.58. The van der Waals surface area contributed by atoms with E-state index in [4.69, 9.17) is 0 Å². The zero-order valence-corrected chi connectivity index (χ0v) is 15.7. The van der Waals surface area contributed by atoms with Gasteiger partial charge in [-0.15, -0.1) is 0 Å². The van der Waals surface area contributed by atoms with Crippen LogP contribution >= 0.6 is 0 Å². The van der Waals surface area contributed by atoms with E-state index in [0.29, 0.717) is 18.7 Å². The van der Waals surface area contributed by atoms with Gasteiger partial charge in [-0.2, -0.15) is 26.3 Å². The quantitative estimate of drug-likeness (QED) is 0.728. The molecule has 4 nitrogen and oxygen atoms in total. The third-order valence-corrected chi connectivity index (χ3v) is 4.73. The molecule has 0 radical (unpaired) electrons. The summed E-state index contributed by atoms with van der Waals surface area (Å²) in [4.78, 5) is 16.3. The van der Waals surface area contributed by atoms with Crippen molar-refractivity contribution in [2.75, 3.05) is 0 Å². The van der Waals surface area contributed by atoms with Gasteiger partial charge in [-0.25, -0.2) is 4.98 Å². The van der Waals surface area contributed by atoms with Crippen molar-refractivity contribution >= 4 is 5.91 Å². The summed E-state index contributed by atoms with van der Waals surface area (Å²) in [7, 11) is 0. The summed E-state index contributed by atoms with van der Waals surface area (Å²) in [6.07, 6.45) is -7.60. The topological polar surface area (TPSA) is 46.9 Å². The van der Waals surface area contributed by atoms with Gasteiger partial charge in [-0.3, -0.25) is 4.79 Å². The van der Waals surface area contributed by atoms with E-state index in [1.54, 1.807) is 18.4 Å². The highest BCUT2D eigenvalue weighted by Crippen LogP contribution is 2.39. The highest BCUT2D eigenvalue weighted by molar-refractivity contribution is 5.92. The SMILES string of the molecule is CC(C)NC(=O)c1cn2c(n1)CC[C@@H](c1cc(C(F)(F)F)cc(C(F)(F)F)c1)C2. The third-order valence-electron chi connectivity index (χ3n) is 4.73. The molecule has 158 valence electrons. The molecule has 1 aliphatic heterocycles. The van der Waals surface area contributed by atoms with Crippen molar-refractivity contribution < 1.29 is 31.1 Å². The largest absolute Gasteiger partial charge is 0.416 e.